The number of anilines is 2. The first kappa shape index (κ1) is 116. The van der Waals surface area contributed by atoms with Gasteiger partial charge in [0.05, 0.1) is 87.9 Å². The van der Waals surface area contributed by atoms with E-state index in [9.17, 15) is 66.0 Å². The Morgan fingerprint density at radius 3 is 1.60 bits per heavy atom. The number of nitriles is 2. The molecule has 4 aromatic heterocycles. The molecule has 26 nitrogen and oxygen atoms in total. The number of thiol groups is 8. The number of H-pyrrole nitrogens is 1. The molecule has 0 unspecified atom stereocenters. The lowest BCUT2D eigenvalue weighted by molar-refractivity contribution is -0.116. The zero-order chi connectivity index (χ0) is 99.9. The average molecular weight is 2080 g/mol. The molecule has 3 N–H and O–H groups in total. The number of fused-ring (bicyclic) bond motifs is 3. The lowest BCUT2D eigenvalue weighted by Crippen LogP contribution is -2.27. The highest BCUT2D eigenvalue weighted by atomic mass is 35.5. The summed E-state index contributed by atoms with van der Waals surface area (Å²) in [7, 11) is -3.70. The van der Waals surface area contributed by atoms with Gasteiger partial charge < -0.3 is 18.9 Å². The summed E-state index contributed by atoms with van der Waals surface area (Å²) in [6.45, 7) is 15.0. The zero-order valence-electron chi connectivity index (χ0n) is 75.5. The Morgan fingerprint density at radius 1 is 0.533 bits per heavy atom. The van der Waals surface area contributed by atoms with Crippen LogP contribution in [0.4, 0.5) is 21.9 Å². The summed E-state index contributed by atoms with van der Waals surface area (Å²) in [5, 5.41) is 28.1. The second kappa shape index (κ2) is 60.8. The number of aliphatic imine (C=N–C) groups is 1. The van der Waals surface area contributed by atoms with Crippen LogP contribution in [0, 0.1) is 36.5 Å². The Kier molecular flexibility index (Phi) is 52.2. The summed E-state index contributed by atoms with van der Waals surface area (Å²) in [4.78, 5) is 146. The minimum atomic E-state index is -3.70. The van der Waals surface area contributed by atoms with E-state index in [1.54, 1.807) is 157 Å². The topological polar surface area (TPSA) is 401 Å². The van der Waals surface area contributed by atoms with Crippen molar-refractivity contribution in [3.8, 4) is 12.1 Å². The first-order valence-corrected chi connectivity index (χ1v) is 51.3. The minimum Gasteiger partial charge on any atom is -0.462 e. The van der Waals surface area contributed by atoms with Crippen LogP contribution >= 0.6 is 147 Å². The lowest BCUT2D eigenvalue weighted by Gasteiger charge is -2.19. The van der Waals surface area contributed by atoms with Crippen molar-refractivity contribution in [2.75, 3.05) is 75.9 Å². The van der Waals surface area contributed by atoms with Crippen molar-refractivity contribution in [3.05, 3.63) is 242 Å². The van der Waals surface area contributed by atoms with Gasteiger partial charge in [-0.05, 0) is 210 Å². The molecule has 2 aliphatic rings. The SMILES string of the molecule is CC(C)(C)OC(=O)Nc1ccc(CC(=O)CS)cc1.CCOC(=O)c1c(CC(=O)CS)sc2c1CCCC2.CCOC(=O)c1sc(CC(=O)CS)c(C(=O)OCC)c1C.Cc1cc(CC(=O)CS)sn1.N#Cc1cc(Cl)ccc1CC(=O)CS.N#Cc1cccc(CC(=O)CS)c1.O=C(CS)CC1=Nc2ccccc2C1.O=C(CS)Cc1ccc(S(=O)(=O)Nc2ccc3cn[nH]c3c2)cc1. The molecule has 0 saturated heterocycles. The first-order chi connectivity index (χ1) is 64.3. The van der Waals surface area contributed by atoms with Gasteiger partial charge in [0.2, 0.25) is 0 Å². The number of carbonyl (C=O) groups is 12. The Morgan fingerprint density at radius 2 is 1.05 bits per heavy atom. The Labute approximate surface area is 847 Å². The number of amides is 1. The zero-order valence-corrected chi connectivity index (χ0v) is 86.7. The average Bonchev–Trinajstić information content (AvgIpc) is 1.66. The minimum absolute atomic E-state index is 0.00726. The molecule has 0 atom stereocenters. The molecule has 10 aromatic rings. The smallest absolute Gasteiger partial charge is 0.412 e. The van der Waals surface area contributed by atoms with Crippen molar-refractivity contribution < 1.29 is 84.9 Å². The van der Waals surface area contributed by atoms with E-state index in [2.05, 4.69) is 137 Å². The number of Topliss-reactive ketones (excluding diaryl/α,β-unsaturated/α-hetero) is 8. The molecule has 135 heavy (non-hydrogen) atoms. The summed E-state index contributed by atoms with van der Waals surface area (Å²) < 4.78 is 51.8. The number of hydrogen-bond donors (Lipinski definition) is 11. The van der Waals surface area contributed by atoms with Gasteiger partial charge in [-0.3, -0.25) is 58.5 Å². The molecule has 0 fully saturated rings. The van der Waals surface area contributed by atoms with Crippen LogP contribution in [0.25, 0.3) is 10.9 Å². The lowest BCUT2D eigenvalue weighted by atomic mass is 9.94. The molecule has 6 aromatic carbocycles. The molecular weight excluding hydrogens is 1970 g/mol. The molecule has 718 valence electrons. The van der Waals surface area contributed by atoms with E-state index in [0.717, 1.165) is 103 Å². The van der Waals surface area contributed by atoms with Gasteiger partial charge in [-0.15, -0.1) is 22.7 Å². The maximum absolute atomic E-state index is 12.4. The van der Waals surface area contributed by atoms with Crippen molar-refractivity contribution in [1.82, 2.24) is 14.6 Å². The van der Waals surface area contributed by atoms with Crippen molar-refractivity contribution >= 4 is 261 Å². The molecule has 0 bridgehead atoms. The highest BCUT2D eigenvalue weighted by Crippen LogP contribution is 2.37. The Bertz CT molecular complexity index is 5990. The highest BCUT2D eigenvalue weighted by molar-refractivity contribution is 7.92. The van der Waals surface area contributed by atoms with Gasteiger partial charge in [0.25, 0.3) is 10.0 Å². The maximum atomic E-state index is 12.4. The third kappa shape index (κ3) is 41.3. The number of halogens is 1. The van der Waals surface area contributed by atoms with Crippen LogP contribution in [-0.2, 0) is 132 Å². The van der Waals surface area contributed by atoms with E-state index in [0.29, 0.717) is 110 Å². The molecule has 39 heteroatoms. The number of aromatic amines is 1. The summed E-state index contributed by atoms with van der Waals surface area (Å²) >= 11 is 41.2. The number of thiophene rings is 2. The van der Waals surface area contributed by atoms with Crippen molar-refractivity contribution in [2.45, 2.75) is 149 Å². The van der Waals surface area contributed by atoms with Gasteiger partial charge in [-0.2, -0.15) is 121 Å². The van der Waals surface area contributed by atoms with Gasteiger partial charge in [0.15, 0.2) is 0 Å². The molecule has 1 amide bonds. The van der Waals surface area contributed by atoms with E-state index in [-0.39, 0.29) is 124 Å². The van der Waals surface area contributed by atoms with Crippen LogP contribution in [0.15, 0.2) is 156 Å². The first-order valence-electron chi connectivity index (χ1n) is 42.0. The second-order valence-electron chi connectivity index (χ2n) is 30.4. The number of rotatable bonds is 34. The quantitative estimate of drug-likeness (QED) is 0.0101. The number of benzene rings is 6. The van der Waals surface area contributed by atoms with Gasteiger partial charge in [0, 0.05) is 145 Å². The second-order valence-corrected chi connectivity index (χ2v) is 38.2. The molecule has 5 heterocycles. The van der Waals surface area contributed by atoms with Crippen LogP contribution in [0.2, 0.25) is 5.02 Å². The fourth-order valence-electron chi connectivity index (χ4n) is 12.4. The molecule has 12 rings (SSSR count). The maximum Gasteiger partial charge on any atom is 0.412 e. The Hall–Kier alpha value is -9.65. The molecule has 0 radical (unpaired) electrons. The standard InChI is InChI=1S/C16H15N3O3S2.C14H19NO3S.C14H18O5S2.C14H18O3S2.C11H11NOS.C10H8ClNOS.C10H9NOS.C7H9NOS2/c20-14(10-23)7-11-1-5-15(6-2-11)24(21,22)19-13-4-3-12-9-17-18-16(12)8-13;1-14(2,3)18-13(17)15-11-6-4-10(5-7-11)8-12(16)9-19;1-4-18-13(16)11-8(3)12(14(17)19-5-2)21-10(11)6-9(15)7-20;1-2-17-14(16)13-10-5-3-4-6-11(10)19-12(13)7-9(15)8-18;13-10(7-14)6-9-5-8-3-1-2-4-11(8)12-9;11-9-2-1-7(4-10(13)6-14)8(3-9)5-12;11-6-9-3-1-2-8(4-9)5-10(12)7-13;1-5-2-7(11-8-5)3-6(9)4-10/h1-6,8-9,19,23H,7,10H2,(H,17,18);4-7,19H,8-9H2,1-3H3,(H,15,17);20H,4-7H2,1-3H3;18H,2-8H2,1H3;1-4,14H,5-7H2;1-3,14H,4,6H2;1-4,13H,5,7H2;2,10H,3-4H2,1H3. The number of aromatic nitrogens is 3. The molecule has 0 saturated carbocycles. The largest absolute Gasteiger partial charge is 0.462 e. The summed E-state index contributed by atoms with van der Waals surface area (Å²) in [5.74, 6) is 0.777. The van der Waals surface area contributed by atoms with Crippen LogP contribution in [0.3, 0.4) is 0 Å². The fraction of sp³-hybridized carbons (Fsp3) is 0.344. The highest BCUT2D eigenvalue weighted by Gasteiger charge is 2.30. The van der Waals surface area contributed by atoms with E-state index >= 15 is 0 Å². The predicted molar refractivity (Wildman–Crippen MR) is 560 cm³/mol. The number of nitrogens with zero attached hydrogens (tertiary/aromatic N) is 5. The van der Waals surface area contributed by atoms with Crippen molar-refractivity contribution in [3.63, 3.8) is 0 Å². The number of ketones is 8. The van der Waals surface area contributed by atoms with Gasteiger partial charge in [-0.1, -0.05) is 72.3 Å². The molecule has 1 aliphatic heterocycles. The van der Waals surface area contributed by atoms with Gasteiger partial charge in [-0.25, -0.2) is 27.6 Å². The predicted octanol–water partition coefficient (Wildman–Crippen LogP) is 18.3. The number of ether oxygens (including phenoxy) is 4. The number of para-hydroxylation sites is 1. The summed E-state index contributed by atoms with van der Waals surface area (Å²) in [6.07, 6.45) is 8.68. The van der Waals surface area contributed by atoms with Crippen LogP contribution < -0.4 is 10.0 Å². The number of carbonyl (C=O) groups excluding carboxylic acids is 12. The summed E-state index contributed by atoms with van der Waals surface area (Å²) in [5.41, 5.74) is 12.3. The monoisotopic (exact) mass is 2080 g/mol. The number of esters is 3. The normalized spacial score (nSPS) is 11.3. The van der Waals surface area contributed by atoms with Crippen molar-refractivity contribution in [1.29, 1.82) is 10.5 Å². The fourth-order valence-corrected chi connectivity index (χ4v) is 17.9. The third-order valence-corrected chi connectivity index (χ3v) is 26.4. The van der Waals surface area contributed by atoms with E-state index in [4.69, 9.17) is 41.1 Å². The van der Waals surface area contributed by atoms with Crippen LogP contribution in [0.1, 0.15) is 166 Å². The van der Waals surface area contributed by atoms with Gasteiger partial charge in [0.1, 0.15) is 56.7 Å². The molecule has 1 aliphatic carbocycles. The van der Waals surface area contributed by atoms with E-state index < -0.39 is 33.7 Å². The number of sulfonamides is 1. The molecule has 0 spiro atoms. The summed E-state index contributed by atoms with van der Waals surface area (Å²) in [6, 6.07) is 44.4. The van der Waals surface area contributed by atoms with Crippen LogP contribution in [0.5, 0.6) is 0 Å². The van der Waals surface area contributed by atoms with Crippen LogP contribution in [-0.4, -0.2) is 170 Å². The van der Waals surface area contributed by atoms with Gasteiger partial charge >= 0.3 is 24.0 Å². The number of nitrogens with one attached hydrogen (secondary N) is 3. The van der Waals surface area contributed by atoms with E-state index in [1.165, 1.54) is 34.1 Å². The number of aryl methyl sites for hydroxylation is 2. The van der Waals surface area contributed by atoms with E-state index in [1.807, 2.05) is 49.4 Å². The third-order valence-electron chi connectivity index (χ3n) is 18.5. The Balaban J connectivity index is 0.000000276. The number of hydrogen-bond acceptors (Lipinski definition) is 34. The van der Waals surface area contributed by atoms with Crippen molar-refractivity contribution in [2.24, 2.45) is 4.99 Å². The molecular formula is C96H107ClN8O18S12.